The molecule has 0 aromatic carbocycles. The Morgan fingerprint density at radius 1 is 1.44 bits per heavy atom. The van der Waals surface area contributed by atoms with Gasteiger partial charge in [-0.3, -0.25) is 9.59 Å². The van der Waals surface area contributed by atoms with E-state index in [0.29, 0.717) is 0 Å². The second-order valence-corrected chi connectivity index (χ2v) is 1.27. The molecule has 9 heavy (non-hydrogen) atoms. The number of carboxylic acids is 1. The predicted octanol–water partition coefficient (Wildman–Crippen LogP) is -1.14. The van der Waals surface area contributed by atoms with Gasteiger partial charge in [-0.15, -0.1) is 0 Å². The first-order valence-electron chi connectivity index (χ1n) is 1.84. The van der Waals surface area contributed by atoms with Gasteiger partial charge in [-0.1, -0.05) is 0 Å². The molecule has 0 rings (SSSR count). The number of ketones is 1. The molecule has 0 aromatic heterocycles. The molecule has 0 aliphatic rings. The summed E-state index contributed by atoms with van der Waals surface area (Å²) in [5.41, 5.74) is 0. The Hall–Kier alpha value is -0.276. The maximum atomic E-state index is 9.87. The van der Waals surface area contributed by atoms with Gasteiger partial charge in [-0.05, 0) is 6.92 Å². The second kappa shape index (κ2) is 7.72. The van der Waals surface area contributed by atoms with Gasteiger partial charge >= 0.3 is 5.97 Å². The van der Waals surface area contributed by atoms with Crippen LogP contribution in [-0.4, -0.2) is 25.3 Å². The molecule has 0 aliphatic carbocycles. The number of hydrogen-bond acceptors (Lipinski definition) is 2. The number of hydrogen-bond donors (Lipinski definition) is 1. The Bertz CT molecular complexity index is 92.0. The van der Waals surface area contributed by atoms with Gasteiger partial charge in [0, 0.05) is 17.1 Å². The van der Waals surface area contributed by atoms with Gasteiger partial charge in [-0.2, -0.15) is 0 Å². The number of aliphatic carboxylic acids is 1. The van der Waals surface area contributed by atoms with E-state index in [-0.39, 0.29) is 37.7 Å². The Labute approximate surface area is 65.9 Å². The molecule has 57 valence electrons. The molecule has 0 saturated carbocycles. The van der Waals surface area contributed by atoms with E-state index in [1.165, 1.54) is 6.92 Å². The van der Waals surface area contributed by atoms with Crippen molar-refractivity contribution in [1.82, 2.24) is 0 Å². The molecule has 0 saturated heterocycles. The molecule has 0 aliphatic heterocycles. The van der Waals surface area contributed by atoms with Crippen molar-refractivity contribution in [1.29, 1.82) is 0 Å². The molecule has 0 aromatic rings. The Balaban J connectivity index is -0.000000180. The minimum absolute atomic E-state index is 0. The fourth-order valence-electron chi connectivity index (χ4n) is 0.213. The first-order chi connectivity index (χ1) is 3.13. The average molecular weight is 179 g/mol. The minimum atomic E-state index is -1.06. The zero-order chi connectivity index (χ0) is 5.86. The summed E-state index contributed by atoms with van der Waals surface area (Å²) in [4.78, 5) is 19.5. The summed E-state index contributed by atoms with van der Waals surface area (Å²) in [6.07, 6.45) is -0.361. The summed E-state index contributed by atoms with van der Waals surface area (Å²) in [5, 5.41) is 7.86. The van der Waals surface area contributed by atoms with Crippen molar-refractivity contribution < 1.29 is 31.8 Å². The van der Waals surface area contributed by atoms with Crippen LogP contribution >= 0.6 is 0 Å². The Kier molecular flexibility index (Phi) is 13.6. The van der Waals surface area contributed by atoms with E-state index in [1.54, 1.807) is 0 Å². The van der Waals surface area contributed by atoms with Crippen LogP contribution < -0.4 is 0 Å². The average Bonchev–Trinajstić information content (AvgIpc) is 1.27. The van der Waals surface area contributed by atoms with Crippen molar-refractivity contribution >= 4 is 20.2 Å². The number of carbonyl (C=O) groups is 2. The van der Waals surface area contributed by atoms with Gasteiger partial charge in [0.15, 0.2) is 0 Å². The van der Waals surface area contributed by atoms with Gasteiger partial charge in [0.05, 0.1) is 8.41 Å². The molecular weight excluding hydrogens is 170 g/mol. The van der Waals surface area contributed by atoms with Crippen LogP contribution in [0.4, 0.5) is 0 Å². The van der Waals surface area contributed by atoms with Gasteiger partial charge in [0.2, 0.25) is 0 Å². The third-order valence-electron chi connectivity index (χ3n) is 0.400. The number of Topliss-reactive ketones (excluding diaryl/α,β-unsaturated/α-hetero) is 1. The van der Waals surface area contributed by atoms with Gasteiger partial charge in [0.25, 0.3) is 0 Å². The maximum absolute atomic E-state index is 9.87. The molecule has 0 heterocycles. The van der Waals surface area contributed by atoms with Crippen LogP contribution in [0.3, 0.4) is 0 Å². The monoisotopic (exact) mass is 179 g/mol. The number of rotatable bonds is 2. The molecule has 0 unspecified atom stereocenters. The molecular formula is C4H9BCuO3. The van der Waals surface area contributed by atoms with Crippen molar-refractivity contribution in [2.45, 2.75) is 13.3 Å². The topological polar surface area (TPSA) is 54.4 Å². The number of carboxylic acid groups (broad SMARTS) is 1. The van der Waals surface area contributed by atoms with Crippen LogP contribution in [0.5, 0.6) is 0 Å². The zero-order valence-electron chi connectivity index (χ0n) is 4.27. The summed E-state index contributed by atoms with van der Waals surface area (Å²) in [6, 6.07) is 0. The molecule has 0 atom stereocenters. The largest absolute Gasteiger partial charge is 0.481 e. The number of carbonyl (C=O) groups excluding carboxylic acids is 1. The van der Waals surface area contributed by atoms with E-state index in [2.05, 4.69) is 0 Å². The molecule has 0 fully saturated rings. The summed E-state index contributed by atoms with van der Waals surface area (Å²) in [6.45, 7) is 1.24. The van der Waals surface area contributed by atoms with E-state index in [1.807, 2.05) is 0 Å². The molecule has 0 spiro atoms. The van der Waals surface area contributed by atoms with Crippen LogP contribution in [0.2, 0.25) is 0 Å². The van der Waals surface area contributed by atoms with E-state index < -0.39 is 5.97 Å². The zero-order valence-corrected chi connectivity index (χ0v) is 5.21. The van der Waals surface area contributed by atoms with Gasteiger partial charge in [-0.25, -0.2) is 0 Å². The molecule has 5 heteroatoms. The van der Waals surface area contributed by atoms with E-state index >= 15 is 0 Å². The normalized spacial score (nSPS) is 6.33. The fourth-order valence-corrected chi connectivity index (χ4v) is 0.213. The predicted molar refractivity (Wildman–Crippen MR) is 32.9 cm³/mol. The van der Waals surface area contributed by atoms with Gasteiger partial charge in [0.1, 0.15) is 12.2 Å². The molecule has 0 amide bonds. The van der Waals surface area contributed by atoms with Crippen LogP contribution in [0, 0.1) is 0 Å². The van der Waals surface area contributed by atoms with Crippen LogP contribution in [-0.2, 0) is 26.7 Å². The first-order valence-corrected chi connectivity index (χ1v) is 1.84. The van der Waals surface area contributed by atoms with E-state index in [4.69, 9.17) is 5.11 Å². The summed E-state index contributed by atoms with van der Waals surface area (Å²) < 4.78 is 0. The SMILES string of the molecule is B.CC(=O)CC(=O)O.[Cu]. The summed E-state index contributed by atoms with van der Waals surface area (Å²) in [5.74, 6) is -1.37. The van der Waals surface area contributed by atoms with Crippen molar-refractivity contribution in [3.8, 4) is 0 Å². The first kappa shape index (κ1) is 15.9. The van der Waals surface area contributed by atoms with E-state index in [9.17, 15) is 9.59 Å². The van der Waals surface area contributed by atoms with Gasteiger partial charge < -0.3 is 5.11 Å². The van der Waals surface area contributed by atoms with Crippen LogP contribution in [0.25, 0.3) is 0 Å². The van der Waals surface area contributed by atoms with Crippen molar-refractivity contribution in [3.05, 3.63) is 0 Å². The Morgan fingerprint density at radius 3 is 1.78 bits per heavy atom. The molecule has 1 radical (unpaired) electrons. The minimum Gasteiger partial charge on any atom is -0.481 e. The molecule has 0 bridgehead atoms. The van der Waals surface area contributed by atoms with Crippen molar-refractivity contribution in [2.24, 2.45) is 0 Å². The Morgan fingerprint density at radius 2 is 1.78 bits per heavy atom. The summed E-state index contributed by atoms with van der Waals surface area (Å²) in [7, 11) is 0. The second-order valence-electron chi connectivity index (χ2n) is 1.27. The fraction of sp³-hybridized carbons (Fsp3) is 0.500. The van der Waals surface area contributed by atoms with Crippen LogP contribution in [0.1, 0.15) is 13.3 Å². The standard InChI is InChI=1S/C4H6O3.BH3.Cu/c1-3(5)2-4(6)7;;/h2H2,1H3,(H,6,7);1H3;. The van der Waals surface area contributed by atoms with Crippen molar-refractivity contribution in [2.75, 3.05) is 0 Å². The maximum Gasteiger partial charge on any atom is 0.310 e. The van der Waals surface area contributed by atoms with Crippen molar-refractivity contribution in [3.63, 3.8) is 0 Å². The van der Waals surface area contributed by atoms with Crippen LogP contribution in [0.15, 0.2) is 0 Å². The third kappa shape index (κ3) is 18.2. The summed E-state index contributed by atoms with van der Waals surface area (Å²) >= 11 is 0. The van der Waals surface area contributed by atoms with E-state index in [0.717, 1.165) is 0 Å². The quantitative estimate of drug-likeness (QED) is 0.431. The molecule has 1 N–H and O–H groups in total. The molecule has 3 nitrogen and oxygen atoms in total. The third-order valence-corrected chi connectivity index (χ3v) is 0.400. The smallest absolute Gasteiger partial charge is 0.310 e.